The molecule has 0 bridgehead atoms. The molecule has 1 fully saturated rings. The molecule has 4 aromatic rings. The standard InChI is InChI=1S/C30H39FN6/c1-4-35(25-10-6-7-11-25)18-17-34(3)22-23-13-14-29-28(19-23)33-30(36(29)5-2)21-27-15-16-32-37(27)26-12-8-9-24(31)20-26/h8-9,12-16,19-20,25H,4-7,10-11,17-18,21-22H2,1-3H3. The number of aromatic nitrogens is 4. The minimum Gasteiger partial charge on any atom is -0.328 e. The van der Waals surface area contributed by atoms with Crippen molar-refractivity contribution in [3.8, 4) is 5.69 Å². The molecule has 196 valence electrons. The first-order valence-electron chi connectivity index (χ1n) is 13.7. The number of nitrogens with zero attached hydrogens (tertiary/aromatic N) is 6. The number of rotatable bonds is 11. The van der Waals surface area contributed by atoms with E-state index in [-0.39, 0.29) is 5.82 Å². The summed E-state index contributed by atoms with van der Waals surface area (Å²) in [5.41, 5.74) is 5.17. The van der Waals surface area contributed by atoms with E-state index >= 15 is 0 Å². The summed E-state index contributed by atoms with van der Waals surface area (Å²) in [6, 6.07) is 16.0. The quantitative estimate of drug-likeness (QED) is 0.265. The van der Waals surface area contributed by atoms with Gasteiger partial charge in [0.05, 0.1) is 22.4 Å². The fraction of sp³-hybridized carbons (Fsp3) is 0.467. The van der Waals surface area contributed by atoms with Crippen LogP contribution in [0.4, 0.5) is 4.39 Å². The van der Waals surface area contributed by atoms with Gasteiger partial charge in [-0.05, 0) is 75.3 Å². The van der Waals surface area contributed by atoms with Crippen LogP contribution in [0.2, 0.25) is 0 Å². The van der Waals surface area contributed by atoms with Crippen LogP contribution in [0.1, 0.15) is 56.6 Å². The lowest BCUT2D eigenvalue weighted by molar-refractivity contribution is 0.178. The predicted molar refractivity (Wildman–Crippen MR) is 148 cm³/mol. The molecule has 6 nitrogen and oxygen atoms in total. The molecule has 0 saturated heterocycles. The zero-order valence-corrected chi connectivity index (χ0v) is 22.4. The highest BCUT2D eigenvalue weighted by Gasteiger charge is 2.21. The first-order valence-corrected chi connectivity index (χ1v) is 13.7. The van der Waals surface area contributed by atoms with Gasteiger partial charge in [-0.1, -0.05) is 31.9 Å². The summed E-state index contributed by atoms with van der Waals surface area (Å²) < 4.78 is 17.9. The zero-order chi connectivity index (χ0) is 25.8. The Balaban J connectivity index is 1.30. The van der Waals surface area contributed by atoms with Gasteiger partial charge >= 0.3 is 0 Å². The number of imidazole rings is 1. The lowest BCUT2D eigenvalue weighted by Gasteiger charge is -2.29. The van der Waals surface area contributed by atoms with E-state index in [1.807, 2.05) is 12.1 Å². The molecule has 1 aliphatic rings. The smallest absolute Gasteiger partial charge is 0.125 e. The van der Waals surface area contributed by atoms with Crippen LogP contribution in [0.3, 0.4) is 0 Å². The minimum atomic E-state index is -0.266. The lowest BCUT2D eigenvalue weighted by atomic mass is 10.2. The highest BCUT2D eigenvalue weighted by Crippen LogP contribution is 2.24. The van der Waals surface area contributed by atoms with Crippen LogP contribution in [0.25, 0.3) is 16.7 Å². The third-order valence-electron chi connectivity index (χ3n) is 7.79. The molecule has 2 aromatic heterocycles. The maximum Gasteiger partial charge on any atom is 0.125 e. The minimum absolute atomic E-state index is 0.266. The van der Waals surface area contributed by atoms with E-state index in [2.05, 4.69) is 58.6 Å². The van der Waals surface area contributed by atoms with Crippen molar-refractivity contribution in [3.63, 3.8) is 0 Å². The van der Waals surface area contributed by atoms with Crippen molar-refractivity contribution in [2.75, 3.05) is 26.7 Å². The van der Waals surface area contributed by atoms with Crippen LogP contribution < -0.4 is 0 Å². The third-order valence-corrected chi connectivity index (χ3v) is 7.79. The molecule has 0 radical (unpaired) electrons. The number of hydrogen-bond donors (Lipinski definition) is 0. The highest BCUT2D eigenvalue weighted by atomic mass is 19.1. The number of hydrogen-bond acceptors (Lipinski definition) is 4. The van der Waals surface area contributed by atoms with Crippen LogP contribution >= 0.6 is 0 Å². The molecule has 0 aliphatic heterocycles. The molecule has 0 amide bonds. The summed E-state index contributed by atoms with van der Waals surface area (Å²) in [5, 5.41) is 4.44. The van der Waals surface area contributed by atoms with Gasteiger partial charge in [0, 0.05) is 44.8 Å². The van der Waals surface area contributed by atoms with Crippen LogP contribution in [-0.2, 0) is 19.5 Å². The van der Waals surface area contributed by atoms with Gasteiger partial charge in [0.1, 0.15) is 11.6 Å². The second-order valence-electron chi connectivity index (χ2n) is 10.3. The summed E-state index contributed by atoms with van der Waals surface area (Å²) >= 11 is 0. The second-order valence-corrected chi connectivity index (χ2v) is 10.3. The molecule has 2 heterocycles. The molecule has 0 N–H and O–H groups in total. The van der Waals surface area contributed by atoms with Crippen molar-refractivity contribution in [1.29, 1.82) is 0 Å². The first-order chi connectivity index (χ1) is 18.1. The van der Waals surface area contributed by atoms with Gasteiger partial charge in [-0.15, -0.1) is 0 Å². The topological polar surface area (TPSA) is 42.1 Å². The Kier molecular flexibility index (Phi) is 8.01. The van der Waals surface area contributed by atoms with Crippen LogP contribution in [-0.4, -0.2) is 61.9 Å². The Morgan fingerprint density at radius 1 is 1.03 bits per heavy atom. The molecule has 37 heavy (non-hydrogen) atoms. The summed E-state index contributed by atoms with van der Waals surface area (Å²) in [7, 11) is 2.22. The highest BCUT2D eigenvalue weighted by molar-refractivity contribution is 5.77. The number of aryl methyl sites for hydroxylation is 1. The van der Waals surface area contributed by atoms with E-state index in [0.29, 0.717) is 6.42 Å². The molecule has 0 spiro atoms. The van der Waals surface area contributed by atoms with Crippen molar-refractivity contribution in [1.82, 2.24) is 29.1 Å². The maximum absolute atomic E-state index is 13.8. The van der Waals surface area contributed by atoms with Gasteiger partial charge in [0.2, 0.25) is 0 Å². The Hall–Kier alpha value is -3.03. The maximum atomic E-state index is 13.8. The fourth-order valence-electron chi connectivity index (χ4n) is 5.84. The van der Waals surface area contributed by atoms with Crippen molar-refractivity contribution >= 4 is 11.0 Å². The van der Waals surface area contributed by atoms with Gasteiger partial charge in [-0.25, -0.2) is 14.1 Å². The Morgan fingerprint density at radius 3 is 2.62 bits per heavy atom. The molecule has 2 aromatic carbocycles. The molecular formula is C30H39FN6. The monoisotopic (exact) mass is 502 g/mol. The van der Waals surface area contributed by atoms with Gasteiger partial charge < -0.3 is 9.47 Å². The first kappa shape index (κ1) is 25.6. The Morgan fingerprint density at radius 2 is 1.86 bits per heavy atom. The molecule has 1 aliphatic carbocycles. The van der Waals surface area contributed by atoms with Crippen LogP contribution in [0.15, 0.2) is 54.7 Å². The molecular weight excluding hydrogens is 463 g/mol. The molecule has 7 heteroatoms. The summed E-state index contributed by atoms with van der Waals surface area (Å²) in [5.74, 6) is 0.731. The molecule has 1 saturated carbocycles. The predicted octanol–water partition coefficient (Wildman–Crippen LogP) is 5.67. The summed E-state index contributed by atoms with van der Waals surface area (Å²) in [6.45, 7) is 9.54. The lowest BCUT2D eigenvalue weighted by Crippen LogP contribution is -2.38. The number of benzene rings is 2. The van der Waals surface area contributed by atoms with E-state index in [4.69, 9.17) is 4.98 Å². The number of likely N-dealkylation sites (N-methyl/N-ethyl adjacent to an activating group) is 2. The number of halogens is 1. The molecule has 0 unspecified atom stereocenters. The zero-order valence-electron chi connectivity index (χ0n) is 22.4. The van der Waals surface area contributed by atoms with Crippen molar-refractivity contribution in [3.05, 3.63) is 77.6 Å². The van der Waals surface area contributed by atoms with E-state index in [9.17, 15) is 4.39 Å². The second kappa shape index (κ2) is 11.6. The van der Waals surface area contributed by atoms with Crippen molar-refractivity contribution < 1.29 is 4.39 Å². The van der Waals surface area contributed by atoms with Gasteiger partial charge in [-0.3, -0.25) is 4.90 Å². The van der Waals surface area contributed by atoms with Gasteiger partial charge in [0.15, 0.2) is 0 Å². The third kappa shape index (κ3) is 5.78. The van der Waals surface area contributed by atoms with Crippen molar-refractivity contribution in [2.45, 2.75) is 65.1 Å². The average molecular weight is 503 g/mol. The molecule has 5 rings (SSSR count). The average Bonchev–Trinajstić information content (AvgIpc) is 3.65. The van der Waals surface area contributed by atoms with E-state index in [1.165, 1.54) is 43.4 Å². The summed E-state index contributed by atoms with van der Waals surface area (Å²) in [6.07, 6.45) is 7.88. The fourth-order valence-corrected chi connectivity index (χ4v) is 5.84. The Labute approximate surface area is 219 Å². The summed E-state index contributed by atoms with van der Waals surface area (Å²) in [4.78, 5) is 10.1. The molecule has 0 atom stereocenters. The van der Waals surface area contributed by atoms with Crippen molar-refractivity contribution in [2.24, 2.45) is 0 Å². The van der Waals surface area contributed by atoms with Gasteiger partial charge in [-0.2, -0.15) is 5.10 Å². The van der Waals surface area contributed by atoms with E-state index in [0.717, 1.165) is 67.0 Å². The number of fused-ring (bicyclic) bond motifs is 1. The van der Waals surface area contributed by atoms with Gasteiger partial charge in [0.25, 0.3) is 0 Å². The van der Waals surface area contributed by atoms with E-state index < -0.39 is 0 Å². The largest absolute Gasteiger partial charge is 0.328 e. The van der Waals surface area contributed by atoms with Crippen LogP contribution in [0, 0.1) is 5.82 Å². The van der Waals surface area contributed by atoms with E-state index in [1.54, 1.807) is 16.9 Å². The Bertz CT molecular complexity index is 1320. The van der Waals surface area contributed by atoms with Crippen LogP contribution in [0.5, 0.6) is 0 Å². The SMILES string of the molecule is CCN(CCN(C)Cc1ccc2c(c1)nc(Cc1ccnn1-c1cccc(F)c1)n2CC)C1CCCC1. The normalized spacial score (nSPS) is 14.5.